The maximum absolute atomic E-state index is 2.98. The highest BCUT2D eigenvalue weighted by atomic mass is 15.3. The van der Waals surface area contributed by atoms with Gasteiger partial charge in [0, 0.05) is 39.2 Å². The average Bonchev–Trinajstić information content (AvgIpc) is 3.68. The summed E-state index contributed by atoms with van der Waals surface area (Å²) in [5.74, 6) is 0.0740. The minimum atomic E-state index is -0.0899. The third kappa shape index (κ3) is 5.64. The average molecular weight is 920 g/mol. The van der Waals surface area contributed by atoms with Gasteiger partial charge in [0.25, 0.3) is 0 Å². The lowest BCUT2D eigenvalue weighted by molar-refractivity contribution is 0.193. The van der Waals surface area contributed by atoms with E-state index in [1.54, 1.807) is 5.56 Å². The fourth-order valence-corrected chi connectivity index (χ4v) is 15.7. The SMILES string of the molecule is Cc1cc(C)c2c3c1C1c4cc(C(C)(C)C)ccc4N(c4ccc(C(C)(C)C)cc4-c4ccc5ccccc5c4)c4cc(N5c6ccccc6C6(C)CCCCC56C)cc(c41)N3C1(C)CCCCC21C. The van der Waals surface area contributed by atoms with E-state index in [0.29, 0.717) is 0 Å². The smallest absolute Gasteiger partial charge is 0.0545 e. The summed E-state index contributed by atoms with van der Waals surface area (Å²) in [5.41, 5.74) is 25.0. The molecular formula is C67H73N3. The molecular weight excluding hydrogens is 847 g/mol. The molecule has 7 aromatic carbocycles. The van der Waals surface area contributed by atoms with Crippen molar-refractivity contribution in [3.05, 3.63) is 171 Å². The van der Waals surface area contributed by atoms with Crippen LogP contribution in [0.5, 0.6) is 0 Å². The zero-order valence-corrected chi connectivity index (χ0v) is 44.1. The zero-order chi connectivity index (χ0) is 48.7. The van der Waals surface area contributed by atoms with Gasteiger partial charge in [0.15, 0.2) is 0 Å². The molecule has 0 saturated heterocycles. The van der Waals surface area contributed by atoms with Gasteiger partial charge in [-0.1, -0.05) is 160 Å². The van der Waals surface area contributed by atoms with Crippen LogP contribution in [0.2, 0.25) is 0 Å². The van der Waals surface area contributed by atoms with E-state index in [4.69, 9.17) is 0 Å². The molecule has 2 aliphatic carbocycles. The fraction of sp³-hybridized carbons (Fsp3) is 0.403. The highest BCUT2D eigenvalue weighted by Gasteiger charge is 2.63. The number of para-hydroxylation sites is 1. The van der Waals surface area contributed by atoms with Crippen molar-refractivity contribution in [2.24, 2.45) is 0 Å². The molecule has 6 aliphatic rings. The van der Waals surface area contributed by atoms with Crippen molar-refractivity contribution in [2.45, 2.75) is 173 Å². The van der Waals surface area contributed by atoms with Crippen LogP contribution >= 0.6 is 0 Å². The lowest BCUT2D eigenvalue weighted by Crippen LogP contribution is -2.56. The predicted molar refractivity (Wildman–Crippen MR) is 297 cm³/mol. The molecule has 2 fully saturated rings. The van der Waals surface area contributed by atoms with Gasteiger partial charge in [-0.15, -0.1) is 0 Å². The summed E-state index contributed by atoms with van der Waals surface area (Å²) < 4.78 is 0. The molecule has 70 heavy (non-hydrogen) atoms. The standard InChI is InChI=1S/C67H73N3/c1-41-35-42(2)60-61-57(41)58-50-38-47(63(6,7)8)28-30-53(50)68(52-29-27-46(62(3,4)5)37-49(52)45-26-25-43-21-13-14-22-44(43)36-45)55-39-48(40-56(59(55)58)70(61)67(12)34-20-18-32-65(60,67)10)69-54-24-16-15-23-51(54)64(9)31-17-19-33-66(64,69)11/h13-16,21-30,35-40,58H,17-20,31-34H2,1-12H3. The van der Waals surface area contributed by atoms with Crippen LogP contribution in [0.4, 0.5) is 39.8 Å². The van der Waals surface area contributed by atoms with Crippen molar-refractivity contribution in [1.29, 1.82) is 0 Å². The number of hydrogen-bond acceptors (Lipinski definition) is 3. The van der Waals surface area contributed by atoms with Gasteiger partial charge in [-0.2, -0.15) is 0 Å². The van der Waals surface area contributed by atoms with Crippen LogP contribution in [-0.2, 0) is 21.7 Å². The van der Waals surface area contributed by atoms with Gasteiger partial charge in [0.2, 0.25) is 0 Å². The maximum Gasteiger partial charge on any atom is 0.0545 e. The first-order chi connectivity index (χ1) is 33.3. The molecule has 3 nitrogen and oxygen atoms in total. The van der Waals surface area contributed by atoms with Crippen LogP contribution in [0.15, 0.2) is 121 Å². The zero-order valence-electron chi connectivity index (χ0n) is 44.1. The molecule has 0 amide bonds. The molecule has 0 N–H and O–H groups in total. The fourth-order valence-electron chi connectivity index (χ4n) is 15.7. The Morgan fingerprint density at radius 1 is 0.486 bits per heavy atom. The Kier molecular flexibility index (Phi) is 9.10. The van der Waals surface area contributed by atoms with Gasteiger partial charge >= 0.3 is 0 Å². The summed E-state index contributed by atoms with van der Waals surface area (Å²) in [6.45, 7) is 29.6. The molecule has 0 radical (unpaired) electrons. The Hall–Kier alpha value is -5.80. The van der Waals surface area contributed by atoms with E-state index >= 15 is 0 Å². The number of fused-ring (bicyclic) bond motifs is 11. The number of hydrogen-bond donors (Lipinski definition) is 0. The van der Waals surface area contributed by atoms with Crippen LogP contribution in [0, 0.1) is 13.8 Å². The Labute approximate surface area is 418 Å². The molecule has 0 spiro atoms. The van der Waals surface area contributed by atoms with Gasteiger partial charge in [-0.25, -0.2) is 0 Å². The van der Waals surface area contributed by atoms with Crippen LogP contribution < -0.4 is 14.7 Å². The predicted octanol–water partition coefficient (Wildman–Crippen LogP) is 18.5. The van der Waals surface area contributed by atoms with E-state index in [1.165, 1.54) is 158 Å². The van der Waals surface area contributed by atoms with E-state index in [-0.39, 0.29) is 38.7 Å². The summed E-state index contributed by atoms with van der Waals surface area (Å²) in [6, 6.07) is 48.5. The highest BCUT2D eigenvalue weighted by molar-refractivity contribution is 6.02. The minimum absolute atomic E-state index is 0.0134. The third-order valence-corrected chi connectivity index (χ3v) is 19.9. The number of anilines is 7. The second kappa shape index (κ2) is 14.4. The summed E-state index contributed by atoms with van der Waals surface area (Å²) in [7, 11) is 0. The van der Waals surface area contributed by atoms with Gasteiger partial charge in [0.05, 0.1) is 39.5 Å². The van der Waals surface area contributed by atoms with E-state index in [0.717, 1.165) is 0 Å². The molecule has 4 aliphatic heterocycles. The van der Waals surface area contributed by atoms with Crippen LogP contribution in [0.25, 0.3) is 21.9 Å². The monoisotopic (exact) mass is 920 g/mol. The molecule has 5 unspecified atom stereocenters. The summed E-state index contributed by atoms with van der Waals surface area (Å²) >= 11 is 0. The summed E-state index contributed by atoms with van der Waals surface area (Å²) in [6.07, 6.45) is 9.82. The number of nitrogens with zero attached hydrogens (tertiary/aromatic N) is 3. The number of rotatable bonds is 3. The van der Waals surface area contributed by atoms with Crippen molar-refractivity contribution in [2.75, 3.05) is 14.7 Å². The molecule has 13 rings (SSSR count). The molecule has 4 heterocycles. The van der Waals surface area contributed by atoms with Gasteiger partial charge < -0.3 is 14.7 Å². The quantitative estimate of drug-likeness (QED) is 0.175. The first kappa shape index (κ1) is 44.2. The van der Waals surface area contributed by atoms with E-state index in [2.05, 4.69) is 219 Å². The van der Waals surface area contributed by atoms with Crippen LogP contribution in [0.3, 0.4) is 0 Å². The first-order valence-electron chi connectivity index (χ1n) is 26.9. The van der Waals surface area contributed by atoms with Gasteiger partial charge in [0.1, 0.15) is 0 Å². The Morgan fingerprint density at radius 2 is 1.10 bits per heavy atom. The number of aryl methyl sites for hydroxylation is 2. The first-order valence-corrected chi connectivity index (χ1v) is 26.9. The lowest BCUT2D eigenvalue weighted by atomic mass is 9.61. The minimum Gasteiger partial charge on any atom is -0.334 e. The Bertz CT molecular complexity index is 3380. The molecule has 0 aromatic heterocycles. The second-order valence-electron chi connectivity index (χ2n) is 25.7. The van der Waals surface area contributed by atoms with E-state index in [1.807, 2.05) is 0 Å². The van der Waals surface area contributed by atoms with E-state index in [9.17, 15) is 0 Å². The second-order valence-corrected chi connectivity index (χ2v) is 25.7. The molecule has 356 valence electrons. The van der Waals surface area contributed by atoms with Crippen molar-refractivity contribution in [1.82, 2.24) is 0 Å². The topological polar surface area (TPSA) is 9.72 Å². The largest absolute Gasteiger partial charge is 0.334 e. The van der Waals surface area contributed by atoms with Crippen LogP contribution in [-0.4, -0.2) is 11.1 Å². The van der Waals surface area contributed by atoms with Gasteiger partial charge in [-0.05, 0) is 168 Å². The lowest BCUT2D eigenvalue weighted by Gasteiger charge is -2.54. The summed E-state index contributed by atoms with van der Waals surface area (Å²) in [4.78, 5) is 8.58. The van der Waals surface area contributed by atoms with Crippen molar-refractivity contribution in [3.63, 3.8) is 0 Å². The molecule has 0 bridgehead atoms. The Balaban J connectivity index is 1.19. The summed E-state index contributed by atoms with van der Waals surface area (Å²) in [5, 5.41) is 2.54. The molecule has 7 aromatic rings. The van der Waals surface area contributed by atoms with E-state index < -0.39 is 0 Å². The maximum atomic E-state index is 2.98. The molecule has 3 heteroatoms. The Morgan fingerprint density at radius 3 is 1.83 bits per heavy atom. The highest BCUT2D eigenvalue weighted by Crippen LogP contribution is 2.71. The van der Waals surface area contributed by atoms with Crippen molar-refractivity contribution in [3.8, 4) is 11.1 Å². The third-order valence-electron chi connectivity index (χ3n) is 19.9. The molecule has 5 atom stereocenters. The molecule has 2 saturated carbocycles. The van der Waals surface area contributed by atoms with Gasteiger partial charge in [-0.3, -0.25) is 0 Å². The normalized spacial score (nSPS) is 26.1. The van der Waals surface area contributed by atoms with Crippen molar-refractivity contribution >= 4 is 50.6 Å². The van der Waals surface area contributed by atoms with Crippen molar-refractivity contribution < 1.29 is 0 Å². The van der Waals surface area contributed by atoms with Crippen LogP contribution in [0.1, 0.15) is 177 Å². The number of benzene rings is 7.